The monoisotopic (exact) mass is 267 g/mol. The number of rotatable bonds is 3. The zero-order valence-corrected chi connectivity index (χ0v) is 10.5. The SMILES string of the molecule is CC#CCNCc1cc(C)cc(Br)c1O. The Bertz CT molecular complexity index is 404. The Labute approximate surface area is 98.8 Å². The summed E-state index contributed by atoms with van der Waals surface area (Å²) >= 11 is 3.31. The summed E-state index contributed by atoms with van der Waals surface area (Å²) in [5, 5.41) is 12.9. The van der Waals surface area contributed by atoms with Gasteiger partial charge in [0.15, 0.2) is 0 Å². The Morgan fingerprint density at radius 2 is 2.20 bits per heavy atom. The highest BCUT2D eigenvalue weighted by molar-refractivity contribution is 9.10. The molecule has 1 aromatic carbocycles. The van der Waals surface area contributed by atoms with Crippen molar-refractivity contribution in [2.45, 2.75) is 20.4 Å². The van der Waals surface area contributed by atoms with Gasteiger partial charge in [0.25, 0.3) is 0 Å². The highest BCUT2D eigenvalue weighted by atomic mass is 79.9. The van der Waals surface area contributed by atoms with Gasteiger partial charge in [0.2, 0.25) is 0 Å². The number of benzene rings is 1. The average molecular weight is 268 g/mol. The molecule has 2 N–H and O–H groups in total. The van der Waals surface area contributed by atoms with Crippen LogP contribution < -0.4 is 5.32 Å². The average Bonchev–Trinajstić information content (AvgIpc) is 2.19. The van der Waals surface area contributed by atoms with E-state index in [4.69, 9.17) is 0 Å². The molecule has 0 atom stereocenters. The minimum Gasteiger partial charge on any atom is -0.506 e. The van der Waals surface area contributed by atoms with Crippen molar-refractivity contribution < 1.29 is 5.11 Å². The number of hydrogen-bond donors (Lipinski definition) is 2. The third-order valence-electron chi connectivity index (χ3n) is 1.99. The number of aromatic hydroxyl groups is 1. The zero-order chi connectivity index (χ0) is 11.3. The molecule has 0 fully saturated rings. The molecule has 1 rings (SSSR count). The predicted octanol–water partition coefficient (Wildman–Crippen LogP) is 2.58. The number of aryl methyl sites for hydroxylation is 1. The molecule has 0 saturated carbocycles. The summed E-state index contributed by atoms with van der Waals surface area (Å²) in [7, 11) is 0. The second-order valence-electron chi connectivity index (χ2n) is 3.28. The molecular weight excluding hydrogens is 254 g/mol. The lowest BCUT2D eigenvalue weighted by atomic mass is 10.1. The molecule has 15 heavy (non-hydrogen) atoms. The van der Waals surface area contributed by atoms with E-state index in [-0.39, 0.29) is 0 Å². The number of phenols is 1. The minimum absolute atomic E-state index is 0.303. The standard InChI is InChI=1S/C12H14BrNO/c1-3-4-5-14-8-10-6-9(2)7-11(13)12(10)15/h6-7,14-15H,5,8H2,1-2H3. The lowest BCUT2D eigenvalue weighted by Gasteiger charge is -2.07. The Kier molecular flexibility index (Phi) is 4.67. The van der Waals surface area contributed by atoms with E-state index in [2.05, 4.69) is 33.1 Å². The van der Waals surface area contributed by atoms with E-state index in [0.717, 1.165) is 15.6 Å². The van der Waals surface area contributed by atoms with Crippen LogP contribution in [-0.4, -0.2) is 11.7 Å². The van der Waals surface area contributed by atoms with Crippen LogP contribution in [0.3, 0.4) is 0 Å². The van der Waals surface area contributed by atoms with Gasteiger partial charge < -0.3 is 10.4 Å². The van der Waals surface area contributed by atoms with E-state index in [1.807, 2.05) is 26.0 Å². The van der Waals surface area contributed by atoms with Crippen molar-refractivity contribution in [3.63, 3.8) is 0 Å². The maximum absolute atomic E-state index is 9.76. The first kappa shape index (κ1) is 12.1. The molecule has 0 spiro atoms. The van der Waals surface area contributed by atoms with E-state index < -0.39 is 0 Å². The molecule has 1 aromatic rings. The zero-order valence-electron chi connectivity index (χ0n) is 8.89. The first-order chi connectivity index (χ1) is 7.15. The van der Waals surface area contributed by atoms with Gasteiger partial charge in [-0.15, -0.1) is 5.92 Å². The summed E-state index contributed by atoms with van der Waals surface area (Å²) in [6, 6.07) is 3.86. The molecule has 3 heteroatoms. The minimum atomic E-state index is 0.303. The van der Waals surface area contributed by atoms with Gasteiger partial charge in [-0.25, -0.2) is 0 Å². The van der Waals surface area contributed by atoms with Gasteiger partial charge in [-0.2, -0.15) is 0 Å². The van der Waals surface area contributed by atoms with Crippen molar-refractivity contribution in [2.24, 2.45) is 0 Å². The molecule has 0 amide bonds. The van der Waals surface area contributed by atoms with Crippen LogP contribution in [0.15, 0.2) is 16.6 Å². The second-order valence-corrected chi connectivity index (χ2v) is 4.14. The Morgan fingerprint density at radius 3 is 2.87 bits per heavy atom. The molecular formula is C12H14BrNO. The molecule has 0 heterocycles. The van der Waals surface area contributed by atoms with Gasteiger partial charge in [0.05, 0.1) is 11.0 Å². The van der Waals surface area contributed by atoms with Crippen LogP contribution in [0.25, 0.3) is 0 Å². The van der Waals surface area contributed by atoms with Crippen LogP contribution >= 0.6 is 15.9 Å². The molecule has 0 bridgehead atoms. The van der Waals surface area contributed by atoms with Gasteiger partial charge >= 0.3 is 0 Å². The highest BCUT2D eigenvalue weighted by Crippen LogP contribution is 2.29. The molecule has 0 aromatic heterocycles. The molecule has 0 radical (unpaired) electrons. The predicted molar refractivity (Wildman–Crippen MR) is 65.7 cm³/mol. The van der Waals surface area contributed by atoms with Crippen molar-refractivity contribution in [3.8, 4) is 17.6 Å². The van der Waals surface area contributed by atoms with E-state index in [9.17, 15) is 5.11 Å². The smallest absolute Gasteiger partial charge is 0.134 e. The normalized spacial score (nSPS) is 9.53. The molecule has 0 unspecified atom stereocenters. The fourth-order valence-electron chi connectivity index (χ4n) is 1.29. The van der Waals surface area contributed by atoms with Crippen LogP contribution in [0.1, 0.15) is 18.1 Å². The van der Waals surface area contributed by atoms with Crippen LogP contribution in [0.2, 0.25) is 0 Å². The number of halogens is 1. The first-order valence-corrected chi connectivity index (χ1v) is 5.52. The fraction of sp³-hybridized carbons (Fsp3) is 0.333. The van der Waals surface area contributed by atoms with Gasteiger partial charge in [-0.3, -0.25) is 0 Å². The summed E-state index contributed by atoms with van der Waals surface area (Å²) < 4.78 is 0.737. The summed E-state index contributed by atoms with van der Waals surface area (Å²) in [5.74, 6) is 6.02. The maximum atomic E-state index is 9.76. The van der Waals surface area contributed by atoms with Gasteiger partial charge in [0.1, 0.15) is 5.75 Å². The van der Waals surface area contributed by atoms with Crippen LogP contribution in [0, 0.1) is 18.8 Å². The quantitative estimate of drug-likeness (QED) is 0.652. The van der Waals surface area contributed by atoms with Crippen molar-refractivity contribution >= 4 is 15.9 Å². The van der Waals surface area contributed by atoms with Gasteiger partial charge in [-0.05, 0) is 41.4 Å². The molecule has 0 aliphatic heterocycles. The number of nitrogens with one attached hydrogen (secondary N) is 1. The third kappa shape index (κ3) is 3.58. The second kappa shape index (κ2) is 5.79. The van der Waals surface area contributed by atoms with Crippen molar-refractivity contribution in [3.05, 3.63) is 27.7 Å². The van der Waals surface area contributed by atoms with E-state index >= 15 is 0 Å². The van der Waals surface area contributed by atoms with Gasteiger partial charge in [-0.1, -0.05) is 12.0 Å². The van der Waals surface area contributed by atoms with Crippen LogP contribution in [-0.2, 0) is 6.54 Å². The Balaban J connectivity index is 2.70. The molecule has 0 aliphatic rings. The highest BCUT2D eigenvalue weighted by Gasteiger charge is 2.05. The van der Waals surface area contributed by atoms with Gasteiger partial charge in [0, 0.05) is 12.1 Å². The lowest BCUT2D eigenvalue weighted by molar-refractivity contribution is 0.462. The van der Waals surface area contributed by atoms with Crippen LogP contribution in [0.4, 0.5) is 0 Å². The van der Waals surface area contributed by atoms with E-state index in [1.54, 1.807) is 0 Å². The van der Waals surface area contributed by atoms with Crippen LogP contribution in [0.5, 0.6) is 5.75 Å². The summed E-state index contributed by atoms with van der Waals surface area (Å²) in [6.45, 7) is 5.07. The molecule has 2 nitrogen and oxygen atoms in total. The van der Waals surface area contributed by atoms with Crippen molar-refractivity contribution in [1.29, 1.82) is 0 Å². The molecule has 0 aliphatic carbocycles. The number of phenolic OH excluding ortho intramolecular Hbond substituents is 1. The maximum Gasteiger partial charge on any atom is 0.134 e. The first-order valence-electron chi connectivity index (χ1n) is 4.73. The van der Waals surface area contributed by atoms with E-state index in [1.165, 1.54) is 0 Å². The summed E-state index contributed by atoms with van der Waals surface area (Å²) in [6.07, 6.45) is 0. The van der Waals surface area contributed by atoms with Crippen molar-refractivity contribution in [2.75, 3.05) is 6.54 Å². The van der Waals surface area contributed by atoms with E-state index in [0.29, 0.717) is 18.8 Å². The Morgan fingerprint density at radius 1 is 1.47 bits per heavy atom. The largest absolute Gasteiger partial charge is 0.506 e. The van der Waals surface area contributed by atoms with Crippen molar-refractivity contribution in [1.82, 2.24) is 5.32 Å². The Hall–Kier alpha value is -0.980. The number of hydrogen-bond acceptors (Lipinski definition) is 2. The summed E-state index contributed by atoms with van der Waals surface area (Å²) in [5.41, 5.74) is 2.01. The fourth-order valence-corrected chi connectivity index (χ4v) is 1.91. The molecule has 80 valence electrons. The molecule has 0 saturated heterocycles. The summed E-state index contributed by atoms with van der Waals surface area (Å²) in [4.78, 5) is 0. The lowest BCUT2D eigenvalue weighted by Crippen LogP contribution is -2.13. The topological polar surface area (TPSA) is 32.3 Å². The third-order valence-corrected chi connectivity index (χ3v) is 2.60.